The highest BCUT2D eigenvalue weighted by Crippen LogP contribution is 2.27. The van der Waals surface area contributed by atoms with Gasteiger partial charge >= 0.3 is 0 Å². The minimum atomic E-state index is 0.347. The van der Waals surface area contributed by atoms with Crippen molar-refractivity contribution < 1.29 is 0 Å². The van der Waals surface area contributed by atoms with Crippen molar-refractivity contribution in [2.45, 2.75) is 53.4 Å². The first-order valence-corrected chi connectivity index (χ1v) is 5.98. The van der Waals surface area contributed by atoms with E-state index in [1.54, 1.807) is 0 Å². The van der Waals surface area contributed by atoms with Crippen LogP contribution in [0.3, 0.4) is 0 Å². The molecule has 15 heavy (non-hydrogen) atoms. The van der Waals surface area contributed by atoms with Gasteiger partial charge in [-0.3, -0.25) is 0 Å². The molecule has 1 aliphatic rings. The number of hydrogen-bond donors (Lipinski definition) is 0. The average Bonchev–Trinajstić information content (AvgIpc) is 2.15. The fraction of sp³-hybridized carbons (Fsp3) is 0.600. The molecule has 0 aromatic heterocycles. The van der Waals surface area contributed by atoms with E-state index in [4.69, 9.17) is 0 Å². The van der Waals surface area contributed by atoms with Gasteiger partial charge in [-0.15, -0.1) is 0 Å². The lowest BCUT2D eigenvalue weighted by Crippen LogP contribution is -2.07. The zero-order valence-electron chi connectivity index (χ0n) is 10.6. The number of allylic oxidation sites excluding steroid dienone is 6. The zero-order chi connectivity index (χ0) is 11.3. The smallest absolute Gasteiger partial charge is 0.0141 e. The summed E-state index contributed by atoms with van der Waals surface area (Å²) in [5.41, 5.74) is 3.36. The van der Waals surface area contributed by atoms with Gasteiger partial charge in [0.2, 0.25) is 0 Å². The van der Waals surface area contributed by atoms with Crippen molar-refractivity contribution in [2.75, 3.05) is 0 Å². The van der Waals surface area contributed by atoms with Crippen LogP contribution in [0.4, 0.5) is 0 Å². The molecule has 0 saturated carbocycles. The lowest BCUT2D eigenvalue weighted by molar-refractivity contribution is 0.436. The topological polar surface area (TPSA) is 0 Å². The molecule has 0 aromatic carbocycles. The molecule has 0 fully saturated rings. The predicted octanol–water partition coefficient (Wildman–Crippen LogP) is 5.04. The van der Waals surface area contributed by atoms with Crippen LogP contribution in [-0.2, 0) is 0 Å². The van der Waals surface area contributed by atoms with Crippen molar-refractivity contribution in [2.24, 2.45) is 5.41 Å². The van der Waals surface area contributed by atoms with Gasteiger partial charge in [-0.1, -0.05) is 49.3 Å². The SMILES string of the molecule is C/C1=C/C/C=C(\C)C/C=C\C(C)(C)CC1. The third kappa shape index (κ3) is 5.01. The molecule has 0 heterocycles. The molecule has 0 radical (unpaired) electrons. The van der Waals surface area contributed by atoms with Crippen LogP contribution < -0.4 is 0 Å². The molecule has 84 valence electrons. The lowest BCUT2D eigenvalue weighted by Gasteiger charge is -2.20. The third-order valence-electron chi connectivity index (χ3n) is 3.11. The molecule has 0 heteroatoms. The Morgan fingerprint density at radius 1 is 1.07 bits per heavy atom. The molecular weight excluding hydrogens is 180 g/mol. The van der Waals surface area contributed by atoms with Gasteiger partial charge in [-0.25, -0.2) is 0 Å². The second-order valence-corrected chi connectivity index (χ2v) is 5.43. The van der Waals surface area contributed by atoms with Crippen LogP contribution in [0.15, 0.2) is 35.5 Å². The summed E-state index contributed by atoms with van der Waals surface area (Å²) in [6, 6.07) is 0. The van der Waals surface area contributed by atoms with Crippen molar-refractivity contribution in [1.29, 1.82) is 0 Å². The Balaban J connectivity index is 2.78. The molecule has 0 atom stereocenters. The molecule has 0 bridgehead atoms. The van der Waals surface area contributed by atoms with Gasteiger partial charge in [-0.2, -0.15) is 0 Å². The molecule has 0 saturated heterocycles. The van der Waals surface area contributed by atoms with Crippen molar-refractivity contribution in [1.82, 2.24) is 0 Å². The molecule has 0 unspecified atom stereocenters. The van der Waals surface area contributed by atoms with Crippen LogP contribution in [-0.4, -0.2) is 0 Å². The standard InChI is InChI=1S/C15H24/c1-13-7-5-8-14(2)10-12-15(3,4)11-6-9-13/h6-8,11H,5,9-10,12H2,1-4H3/b11-6-,13-7+,14-8-. The van der Waals surface area contributed by atoms with E-state index in [1.807, 2.05) is 0 Å². The van der Waals surface area contributed by atoms with Crippen LogP contribution in [0.2, 0.25) is 0 Å². The molecule has 1 aliphatic carbocycles. The van der Waals surface area contributed by atoms with Crippen LogP contribution in [0.5, 0.6) is 0 Å². The van der Waals surface area contributed by atoms with E-state index in [0.717, 1.165) is 12.8 Å². The molecule has 1 rings (SSSR count). The van der Waals surface area contributed by atoms with E-state index in [2.05, 4.69) is 52.0 Å². The Labute approximate surface area is 94.8 Å². The zero-order valence-corrected chi connectivity index (χ0v) is 10.6. The van der Waals surface area contributed by atoms with Gasteiger partial charge in [0.1, 0.15) is 0 Å². The minimum absolute atomic E-state index is 0.347. The second kappa shape index (κ2) is 5.34. The predicted molar refractivity (Wildman–Crippen MR) is 68.9 cm³/mol. The largest absolute Gasteiger partial charge is 0.0839 e. The summed E-state index contributed by atoms with van der Waals surface area (Å²) < 4.78 is 0. The Bertz CT molecular complexity index is 287. The fourth-order valence-electron chi connectivity index (χ4n) is 1.81. The van der Waals surface area contributed by atoms with E-state index >= 15 is 0 Å². The second-order valence-electron chi connectivity index (χ2n) is 5.43. The molecule has 0 nitrogen and oxygen atoms in total. The third-order valence-corrected chi connectivity index (χ3v) is 3.11. The Kier molecular flexibility index (Phi) is 4.38. The summed E-state index contributed by atoms with van der Waals surface area (Å²) in [6.45, 7) is 9.13. The first-order chi connectivity index (χ1) is 6.99. The maximum absolute atomic E-state index is 2.38. The molecular formula is C15H24. The highest BCUT2D eigenvalue weighted by molar-refractivity contribution is 5.12. The van der Waals surface area contributed by atoms with E-state index < -0.39 is 0 Å². The summed E-state index contributed by atoms with van der Waals surface area (Å²) in [7, 11) is 0. The fourth-order valence-corrected chi connectivity index (χ4v) is 1.81. The minimum Gasteiger partial charge on any atom is -0.0839 e. The quantitative estimate of drug-likeness (QED) is 0.485. The van der Waals surface area contributed by atoms with Gasteiger partial charge < -0.3 is 0 Å². The van der Waals surface area contributed by atoms with Crippen molar-refractivity contribution in [3.8, 4) is 0 Å². The number of rotatable bonds is 0. The first kappa shape index (κ1) is 12.3. The molecule has 0 amide bonds. The van der Waals surface area contributed by atoms with Gasteiger partial charge in [0, 0.05) is 0 Å². The Hall–Kier alpha value is -0.780. The van der Waals surface area contributed by atoms with Gasteiger partial charge in [0.15, 0.2) is 0 Å². The van der Waals surface area contributed by atoms with Gasteiger partial charge in [-0.05, 0) is 44.9 Å². The number of hydrogen-bond acceptors (Lipinski definition) is 0. The molecule has 0 aliphatic heterocycles. The molecule has 0 aromatic rings. The first-order valence-electron chi connectivity index (χ1n) is 5.98. The van der Waals surface area contributed by atoms with E-state index in [1.165, 1.54) is 24.0 Å². The summed E-state index contributed by atoms with van der Waals surface area (Å²) in [5, 5.41) is 0. The highest BCUT2D eigenvalue weighted by Gasteiger charge is 2.13. The van der Waals surface area contributed by atoms with Crippen LogP contribution in [0.1, 0.15) is 53.4 Å². The van der Waals surface area contributed by atoms with Gasteiger partial charge in [0.25, 0.3) is 0 Å². The normalized spacial score (nSPS) is 31.7. The molecule has 0 N–H and O–H groups in total. The monoisotopic (exact) mass is 204 g/mol. The van der Waals surface area contributed by atoms with E-state index in [-0.39, 0.29) is 0 Å². The van der Waals surface area contributed by atoms with E-state index in [0.29, 0.717) is 5.41 Å². The van der Waals surface area contributed by atoms with Crippen LogP contribution in [0.25, 0.3) is 0 Å². The van der Waals surface area contributed by atoms with Crippen LogP contribution in [0, 0.1) is 5.41 Å². The highest BCUT2D eigenvalue weighted by atomic mass is 14.2. The maximum Gasteiger partial charge on any atom is -0.0141 e. The lowest BCUT2D eigenvalue weighted by atomic mass is 9.86. The molecule has 0 spiro atoms. The van der Waals surface area contributed by atoms with E-state index in [9.17, 15) is 0 Å². The van der Waals surface area contributed by atoms with Gasteiger partial charge in [0.05, 0.1) is 0 Å². The Morgan fingerprint density at radius 3 is 2.47 bits per heavy atom. The average molecular weight is 204 g/mol. The summed E-state index contributed by atoms with van der Waals surface area (Å²) in [6.07, 6.45) is 14.1. The van der Waals surface area contributed by atoms with Crippen molar-refractivity contribution in [3.05, 3.63) is 35.5 Å². The summed E-state index contributed by atoms with van der Waals surface area (Å²) >= 11 is 0. The Morgan fingerprint density at radius 2 is 1.73 bits per heavy atom. The van der Waals surface area contributed by atoms with Crippen molar-refractivity contribution in [3.63, 3.8) is 0 Å². The van der Waals surface area contributed by atoms with Crippen molar-refractivity contribution >= 4 is 0 Å². The maximum atomic E-state index is 2.38. The van der Waals surface area contributed by atoms with Crippen LogP contribution >= 0.6 is 0 Å². The summed E-state index contributed by atoms with van der Waals surface area (Å²) in [5.74, 6) is 0. The summed E-state index contributed by atoms with van der Waals surface area (Å²) in [4.78, 5) is 0.